The van der Waals surface area contributed by atoms with Crippen LogP contribution >= 0.6 is 15.9 Å². The van der Waals surface area contributed by atoms with Crippen molar-refractivity contribution in [3.05, 3.63) is 58.1 Å². The van der Waals surface area contributed by atoms with Crippen LogP contribution in [-0.2, 0) is 6.61 Å². The van der Waals surface area contributed by atoms with E-state index in [-0.39, 0.29) is 18.1 Å². The van der Waals surface area contributed by atoms with E-state index in [2.05, 4.69) is 20.9 Å². The highest BCUT2D eigenvalue weighted by Crippen LogP contribution is 2.26. The summed E-state index contributed by atoms with van der Waals surface area (Å²) in [6.07, 6.45) is 1.40. The molecule has 0 radical (unpaired) electrons. The van der Waals surface area contributed by atoms with Crippen molar-refractivity contribution in [1.82, 2.24) is 4.98 Å². The Morgan fingerprint density at radius 3 is 2.89 bits per heavy atom. The van der Waals surface area contributed by atoms with Crippen LogP contribution in [0, 0.1) is 5.82 Å². The van der Waals surface area contributed by atoms with Crippen molar-refractivity contribution in [1.29, 1.82) is 0 Å². The van der Waals surface area contributed by atoms with Crippen LogP contribution in [0.1, 0.15) is 16.1 Å². The predicted octanol–water partition coefficient (Wildman–Crippen LogP) is 3.26. The molecule has 0 aliphatic rings. The van der Waals surface area contributed by atoms with E-state index in [1.165, 1.54) is 24.4 Å². The van der Waals surface area contributed by atoms with Crippen LogP contribution in [0.4, 0.5) is 4.39 Å². The van der Waals surface area contributed by atoms with E-state index in [0.717, 1.165) is 0 Å². The first-order chi connectivity index (χ1) is 9.08. The fourth-order valence-corrected chi connectivity index (χ4v) is 1.96. The summed E-state index contributed by atoms with van der Waals surface area (Å²) in [5.41, 5.74) is 0.395. The molecule has 1 aromatic carbocycles. The lowest BCUT2D eigenvalue weighted by Crippen LogP contribution is -2.08. The van der Waals surface area contributed by atoms with Crippen molar-refractivity contribution in [2.75, 3.05) is 0 Å². The van der Waals surface area contributed by atoms with Gasteiger partial charge in [-0.25, -0.2) is 14.2 Å². The Bertz CT molecular complexity index is 619. The van der Waals surface area contributed by atoms with Crippen molar-refractivity contribution in [3.8, 4) is 5.75 Å². The number of halogens is 2. The molecule has 0 amide bonds. The zero-order chi connectivity index (χ0) is 13.8. The van der Waals surface area contributed by atoms with Gasteiger partial charge in [-0.3, -0.25) is 0 Å². The fourth-order valence-electron chi connectivity index (χ4n) is 1.50. The molecule has 0 atom stereocenters. The molecule has 2 rings (SSSR count). The molecule has 98 valence electrons. The van der Waals surface area contributed by atoms with E-state index < -0.39 is 5.97 Å². The molecule has 0 unspecified atom stereocenters. The Hall–Kier alpha value is -1.95. The average Bonchev–Trinajstić information content (AvgIpc) is 2.38. The standard InChI is InChI=1S/C13H9BrFNO3/c14-10-6-9(15)3-4-11(10)19-7-8-2-1-5-16-12(8)13(17)18/h1-6H,7H2,(H,17,18). The molecule has 19 heavy (non-hydrogen) atoms. The van der Waals surface area contributed by atoms with Crippen molar-refractivity contribution in [2.24, 2.45) is 0 Å². The summed E-state index contributed by atoms with van der Waals surface area (Å²) < 4.78 is 18.8. The maximum absolute atomic E-state index is 12.9. The summed E-state index contributed by atoms with van der Waals surface area (Å²) in [4.78, 5) is 14.7. The molecule has 1 N–H and O–H groups in total. The second kappa shape index (κ2) is 5.79. The van der Waals surface area contributed by atoms with Crippen LogP contribution in [0.3, 0.4) is 0 Å². The molecule has 0 aliphatic heterocycles. The zero-order valence-corrected chi connectivity index (χ0v) is 11.2. The largest absolute Gasteiger partial charge is 0.488 e. The van der Waals surface area contributed by atoms with Crippen molar-refractivity contribution >= 4 is 21.9 Å². The zero-order valence-electron chi connectivity index (χ0n) is 9.64. The fraction of sp³-hybridized carbons (Fsp3) is 0.0769. The maximum atomic E-state index is 12.9. The third-order valence-electron chi connectivity index (χ3n) is 2.37. The van der Waals surface area contributed by atoms with E-state index >= 15 is 0 Å². The van der Waals surface area contributed by atoms with E-state index in [1.807, 2.05) is 0 Å². The lowest BCUT2D eigenvalue weighted by Gasteiger charge is -2.09. The first-order valence-electron chi connectivity index (χ1n) is 5.33. The van der Waals surface area contributed by atoms with Gasteiger partial charge in [-0.1, -0.05) is 6.07 Å². The highest BCUT2D eigenvalue weighted by atomic mass is 79.9. The molecule has 4 nitrogen and oxygen atoms in total. The van der Waals surface area contributed by atoms with Gasteiger partial charge in [0.1, 0.15) is 18.2 Å². The van der Waals surface area contributed by atoms with Crippen LogP contribution < -0.4 is 4.74 Å². The maximum Gasteiger partial charge on any atom is 0.354 e. The molecule has 0 fully saturated rings. The molecule has 0 spiro atoms. The van der Waals surface area contributed by atoms with Gasteiger partial charge < -0.3 is 9.84 Å². The van der Waals surface area contributed by atoms with Crippen molar-refractivity contribution in [2.45, 2.75) is 6.61 Å². The molecule has 2 aromatic rings. The molecular formula is C13H9BrFNO3. The molecule has 1 aromatic heterocycles. The number of rotatable bonds is 4. The normalized spacial score (nSPS) is 10.2. The van der Waals surface area contributed by atoms with Crippen molar-refractivity contribution in [3.63, 3.8) is 0 Å². The average molecular weight is 326 g/mol. The first-order valence-corrected chi connectivity index (χ1v) is 6.12. The highest BCUT2D eigenvalue weighted by Gasteiger charge is 2.12. The molecule has 1 heterocycles. The van der Waals surface area contributed by atoms with E-state index in [1.54, 1.807) is 12.1 Å². The Labute approximate surface area is 117 Å². The topological polar surface area (TPSA) is 59.4 Å². The highest BCUT2D eigenvalue weighted by molar-refractivity contribution is 9.10. The lowest BCUT2D eigenvalue weighted by atomic mass is 10.2. The Balaban J connectivity index is 2.17. The monoisotopic (exact) mass is 325 g/mol. The molecular weight excluding hydrogens is 317 g/mol. The van der Waals surface area contributed by atoms with E-state index in [4.69, 9.17) is 9.84 Å². The minimum absolute atomic E-state index is 0.0414. The summed E-state index contributed by atoms with van der Waals surface area (Å²) >= 11 is 3.17. The quantitative estimate of drug-likeness (QED) is 0.937. The number of pyridine rings is 1. The van der Waals surface area contributed by atoms with Crippen LogP contribution in [0.15, 0.2) is 41.0 Å². The second-order valence-electron chi connectivity index (χ2n) is 3.68. The van der Waals surface area contributed by atoms with Crippen molar-refractivity contribution < 1.29 is 19.0 Å². The number of carboxylic acids is 1. The van der Waals surface area contributed by atoms with Crippen LogP contribution in [0.2, 0.25) is 0 Å². The Morgan fingerprint density at radius 1 is 1.42 bits per heavy atom. The third kappa shape index (κ3) is 3.29. The lowest BCUT2D eigenvalue weighted by molar-refractivity contribution is 0.0687. The van der Waals surface area contributed by atoms with Gasteiger partial charge in [-0.05, 0) is 40.2 Å². The number of hydrogen-bond acceptors (Lipinski definition) is 3. The summed E-state index contributed by atoms with van der Waals surface area (Å²) in [5, 5.41) is 8.98. The number of ether oxygens (including phenoxy) is 1. The SMILES string of the molecule is O=C(O)c1ncccc1COc1ccc(F)cc1Br. The minimum atomic E-state index is -1.11. The second-order valence-corrected chi connectivity index (χ2v) is 4.53. The van der Waals surface area contributed by atoms with Gasteiger partial charge in [-0.15, -0.1) is 0 Å². The summed E-state index contributed by atoms with van der Waals surface area (Å²) in [6, 6.07) is 7.26. The molecule has 0 bridgehead atoms. The number of carbonyl (C=O) groups is 1. The van der Waals surface area contributed by atoms with Gasteiger partial charge in [0.25, 0.3) is 0 Å². The molecule has 0 aliphatic carbocycles. The van der Waals surface area contributed by atoms with Gasteiger partial charge >= 0.3 is 5.97 Å². The van der Waals surface area contributed by atoms with E-state index in [9.17, 15) is 9.18 Å². The number of benzene rings is 1. The smallest absolute Gasteiger partial charge is 0.354 e. The number of carboxylic acid groups (broad SMARTS) is 1. The van der Waals surface area contributed by atoms with Gasteiger partial charge in [0.15, 0.2) is 5.69 Å². The van der Waals surface area contributed by atoms with Gasteiger partial charge in [0.05, 0.1) is 4.47 Å². The van der Waals surface area contributed by atoms with Gasteiger partial charge in [-0.2, -0.15) is 0 Å². The molecule has 0 saturated heterocycles. The van der Waals surface area contributed by atoms with Crippen LogP contribution in [0.25, 0.3) is 0 Å². The number of nitrogens with zero attached hydrogens (tertiary/aromatic N) is 1. The Kier molecular flexibility index (Phi) is 4.11. The van der Waals surface area contributed by atoms with E-state index in [0.29, 0.717) is 15.8 Å². The summed E-state index contributed by atoms with van der Waals surface area (Å²) in [6.45, 7) is 0.0414. The summed E-state index contributed by atoms with van der Waals surface area (Å²) in [5.74, 6) is -1.06. The molecule has 0 saturated carbocycles. The predicted molar refractivity (Wildman–Crippen MR) is 69.6 cm³/mol. The minimum Gasteiger partial charge on any atom is -0.488 e. The van der Waals surface area contributed by atoms with Gasteiger partial charge in [0.2, 0.25) is 0 Å². The third-order valence-corrected chi connectivity index (χ3v) is 2.99. The van der Waals surface area contributed by atoms with Crippen LogP contribution in [0.5, 0.6) is 5.75 Å². The number of aromatic nitrogens is 1. The summed E-state index contributed by atoms with van der Waals surface area (Å²) in [7, 11) is 0. The van der Waals surface area contributed by atoms with Crippen LogP contribution in [-0.4, -0.2) is 16.1 Å². The molecule has 6 heteroatoms. The Morgan fingerprint density at radius 2 is 2.21 bits per heavy atom. The number of hydrogen-bond donors (Lipinski definition) is 1. The first kappa shape index (κ1) is 13.5. The number of aromatic carboxylic acids is 1. The van der Waals surface area contributed by atoms with Gasteiger partial charge in [0, 0.05) is 11.8 Å².